The van der Waals surface area contributed by atoms with Crippen LogP contribution in [0.15, 0.2) is 0 Å². The number of aliphatic carboxylic acids is 1. The van der Waals surface area contributed by atoms with Gasteiger partial charge in [-0.3, -0.25) is 15.1 Å². The summed E-state index contributed by atoms with van der Waals surface area (Å²) in [5.74, 6) is -0.843. The van der Waals surface area contributed by atoms with Crippen LogP contribution in [-0.2, 0) is 4.79 Å². The maximum absolute atomic E-state index is 11.3. The molecule has 0 aliphatic heterocycles. The molecule has 5 N–H and O–H groups in total. The molecule has 0 saturated carbocycles. The van der Waals surface area contributed by atoms with E-state index in [2.05, 4.69) is 5.32 Å². The number of carbonyl (C=O) groups is 1. The van der Waals surface area contributed by atoms with Crippen molar-refractivity contribution in [3.05, 3.63) is 0 Å². The average molecular weight is 244 g/mol. The summed E-state index contributed by atoms with van der Waals surface area (Å²) in [6, 6.07) is 0. The fourth-order valence-corrected chi connectivity index (χ4v) is 1.76. The number of nitrogens with two attached hydrogens (primary N) is 1. The first-order chi connectivity index (χ1) is 7.72. The zero-order valence-corrected chi connectivity index (χ0v) is 11.1. The lowest BCUT2D eigenvalue weighted by Crippen LogP contribution is -2.53. The summed E-state index contributed by atoms with van der Waals surface area (Å²) >= 11 is 0. The van der Waals surface area contributed by atoms with E-state index in [-0.39, 0.29) is 11.9 Å². The van der Waals surface area contributed by atoms with E-state index in [0.29, 0.717) is 6.54 Å². The molecule has 0 heterocycles. The van der Waals surface area contributed by atoms with Crippen molar-refractivity contribution in [1.82, 2.24) is 10.2 Å². The molecule has 0 bridgehead atoms. The lowest BCUT2D eigenvalue weighted by Gasteiger charge is -2.37. The van der Waals surface area contributed by atoms with Gasteiger partial charge >= 0.3 is 5.97 Å². The van der Waals surface area contributed by atoms with Crippen molar-refractivity contribution in [2.75, 3.05) is 20.6 Å². The van der Waals surface area contributed by atoms with E-state index in [1.54, 1.807) is 25.9 Å². The standard InChI is InChI=1S/C11H24N4O2/c1-8(6-5-7-14-10(12)13)11(2,9(16)17)15(3)4/h8H,5-7H2,1-4H3,(H,16,17)(H4,12,13,14)/t8?,11-/m0/s1. The molecular weight excluding hydrogens is 220 g/mol. The van der Waals surface area contributed by atoms with Crippen molar-refractivity contribution < 1.29 is 9.90 Å². The van der Waals surface area contributed by atoms with E-state index in [1.165, 1.54) is 0 Å². The molecule has 1 unspecified atom stereocenters. The molecule has 0 spiro atoms. The molecule has 0 aliphatic carbocycles. The summed E-state index contributed by atoms with van der Waals surface area (Å²) in [4.78, 5) is 13.1. The van der Waals surface area contributed by atoms with Crippen molar-refractivity contribution in [2.45, 2.75) is 32.2 Å². The number of hydrogen-bond acceptors (Lipinski definition) is 3. The van der Waals surface area contributed by atoms with Crippen molar-refractivity contribution in [3.63, 3.8) is 0 Å². The minimum Gasteiger partial charge on any atom is -0.480 e. The maximum atomic E-state index is 11.3. The molecule has 0 saturated heterocycles. The second kappa shape index (κ2) is 6.44. The first-order valence-electron chi connectivity index (χ1n) is 5.71. The Hall–Kier alpha value is -1.30. The van der Waals surface area contributed by atoms with Gasteiger partial charge in [-0.2, -0.15) is 0 Å². The average Bonchev–Trinajstić information content (AvgIpc) is 2.21. The summed E-state index contributed by atoms with van der Waals surface area (Å²) in [7, 11) is 3.55. The number of nitrogens with one attached hydrogen (secondary N) is 2. The van der Waals surface area contributed by atoms with Crippen LogP contribution in [0.4, 0.5) is 0 Å². The highest BCUT2D eigenvalue weighted by molar-refractivity contribution is 5.78. The van der Waals surface area contributed by atoms with Gasteiger partial charge in [0.05, 0.1) is 0 Å². The Kier molecular flexibility index (Phi) is 5.95. The molecule has 17 heavy (non-hydrogen) atoms. The van der Waals surface area contributed by atoms with Crippen LogP contribution in [0, 0.1) is 11.3 Å². The number of guanidine groups is 1. The largest absolute Gasteiger partial charge is 0.480 e. The summed E-state index contributed by atoms with van der Waals surface area (Å²) in [6.07, 6.45) is 1.55. The third-order valence-corrected chi connectivity index (χ3v) is 3.45. The zero-order chi connectivity index (χ0) is 13.6. The summed E-state index contributed by atoms with van der Waals surface area (Å²) in [5, 5.41) is 19.0. The number of nitrogens with zero attached hydrogens (tertiary/aromatic N) is 1. The molecular formula is C11H24N4O2. The second-order valence-corrected chi connectivity index (χ2v) is 4.73. The van der Waals surface area contributed by atoms with Crippen LogP contribution in [0.3, 0.4) is 0 Å². The van der Waals surface area contributed by atoms with Crippen LogP contribution in [0.5, 0.6) is 0 Å². The molecule has 0 aliphatic rings. The van der Waals surface area contributed by atoms with Crippen molar-refractivity contribution >= 4 is 11.9 Å². The van der Waals surface area contributed by atoms with Crippen LogP contribution in [0.2, 0.25) is 0 Å². The lowest BCUT2D eigenvalue weighted by molar-refractivity contribution is -0.152. The highest BCUT2D eigenvalue weighted by Gasteiger charge is 2.40. The summed E-state index contributed by atoms with van der Waals surface area (Å²) < 4.78 is 0. The van der Waals surface area contributed by atoms with Crippen LogP contribution in [-0.4, -0.2) is 48.1 Å². The molecule has 6 heteroatoms. The SMILES string of the molecule is CC(CCCNC(=N)N)[C@@](C)(C(=O)O)N(C)C. The first-order valence-corrected chi connectivity index (χ1v) is 5.71. The van der Waals surface area contributed by atoms with Gasteiger partial charge in [-0.15, -0.1) is 0 Å². The molecule has 0 aromatic heterocycles. The number of carboxylic acids is 1. The van der Waals surface area contributed by atoms with Gasteiger partial charge in [-0.1, -0.05) is 6.92 Å². The number of hydrogen-bond donors (Lipinski definition) is 4. The molecule has 0 aromatic carbocycles. The Morgan fingerprint density at radius 1 is 1.59 bits per heavy atom. The van der Waals surface area contributed by atoms with Crippen LogP contribution < -0.4 is 11.1 Å². The molecule has 0 amide bonds. The van der Waals surface area contributed by atoms with Crippen LogP contribution in [0.1, 0.15) is 26.7 Å². The summed E-state index contributed by atoms with van der Waals surface area (Å²) in [6.45, 7) is 4.27. The lowest BCUT2D eigenvalue weighted by atomic mass is 9.83. The Bertz CT molecular complexity index is 281. The molecule has 0 fully saturated rings. The Morgan fingerprint density at radius 3 is 2.47 bits per heavy atom. The van der Waals surface area contributed by atoms with Gasteiger partial charge in [-0.05, 0) is 39.8 Å². The van der Waals surface area contributed by atoms with E-state index >= 15 is 0 Å². The smallest absolute Gasteiger partial charge is 0.324 e. The van der Waals surface area contributed by atoms with Crippen LogP contribution in [0.25, 0.3) is 0 Å². The Balaban J connectivity index is 4.31. The van der Waals surface area contributed by atoms with E-state index in [0.717, 1.165) is 12.8 Å². The predicted octanol–water partition coefficient (Wildman–Crippen LogP) is 0.291. The minimum absolute atomic E-state index is 0.0174. The van der Waals surface area contributed by atoms with Crippen molar-refractivity contribution in [3.8, 4) is 0 Å². The number of carboxylic acid groups (broad SMARTS) is 1. The first kappa shape index (κ1) is 15.7. The van der Waals surface area contributed by atoms with Gasteiger partial charge in [0, 0.05) is 6.54 Å². The van der Waals surface area contributed by atoms with E-state index in [9.17, 15) is 9.90 Å². The van der Waals surface area contributed by atoms with Gasteiger partial charge in [-0.25, -0.2) is 0 Å². The topological polar surface area (TPSA) is 102 Å². The fraction of sp³-hybridized carbons (Fsp3) is 0.818. The van der Waals surface area contributed by atoms with Crippen LogP contribution >= 0.6 is 0 Å². The van der Waals surface area contributed by atoms with Crippen molar-refractivity contribution in [2.24, 2.45) is 11.7 Å². The van der Waals surface area contributed by atoms with Gasteiger partial charge < -0.3 is 16.2 Å². The van der Waals surface area contributed by atoms with E-state index in [1.807, 2.05) is 6.92 Å². The molecule has 0 aromatic rings. The Morgan fingerprint density at radius 2 is 2.12 bits per heavy atom. The zero-order valence-electron chi connectivity index (χ0n) is 11.1. The third-order valence-electron chi connectivity index (χ3n) is 3.45. The van der Waals surface area contributed by atoms with Gasteiger partial charge in [0.25, 0.3) is 0 Å². The summed E-state index contributed by atoms with van der Waals surface area (Å²) in [5.41, 5.74) is 4.30. The monoisotopic (exact) mass is 244 g/mol. The van der Waals surface area contributed by atoms with Gasteiger partial charge in [0.15, 0.2) is 5.96 Å². The molecule has 0 radical (unpaired) electrons. The molecule has 6 nitrogen and oxygen atoms in total. The quantitative estimate of drug-likeness (QED) is 0.293. The second-order valence-electron chi connectivity index (χ2n) is 4.73. The minimum atomic E-state index is -0.865. The molecule has 0 rings (SSSR count). The molecule has 2 atom stereocenters. The maximum Gasteiger partial charge on any atom is 0.324 e. The highest BCUT2D eigenvalue weighted by atomic mass is 16.4. The number of rotatable bonds is 7. The normalized spacial score (nSPS) is 16.3. The molecule has 100 valence electrons. The highest BCUT2D eigenvalue weighted by Crippen LogP contribution is 2.26. The van der Waals surface area contributed by atoms with E-state index in [4.69, 9.17) is 11.1 Å². The predicted molar refractivity (Wildman–Crippen MR) is 68.0 cm³/mol. The third kappa shape index (κ3) is 4.22. The van der Waals surface area contributed by atoms with Gasteiger partial charge in [0.1, 0.15) is 5.54 Å². The fourth-order valence-electron chi connectivity index (χ4n) is 1.76. The number of likely N-dealkylation sites (N-methyl/N-ethyl adjacent to an activating group) is 1. The van der Waals surface area contributed by atoms with E-state index < -0.39 is 11.5 Å². The Labute approximate surface area is 103 Å². The van der Waals surface area contributed by atoms with Crippen molar-refractivity contribution in [1.29, 1.82) is 5.41 Å². The van der Waals surface area contributed by atoms with Gasteiger partial charge in [0.2, 0.25) is 0 Å².